The largest absolute Gasteiger partial charge is 0.494 e. The topological polar surface area (TPSA) is 50.7 Å². The second-order valence-electron chi connectivity index (χ2n) is 7.21. The summed E-state index contributed by atoms with van der Waals surface area (Å²) in [5, 5.41) is 0. The Morgan fingerprint density at radius 1 is 0.968 bits per heavy atom. The lowest BCUT2D eigenvalue weighted by Crippen LogP contribution is -2.43. The zero-order valence-corrected chi connectivity index (χ0v) is 17.2. The molecule has 0 aliphatic carbocycles. The third-order valence-corrected chi connectivity index (χ3v) is 5.44. The van der Waals surface area contributed by atoms with Crippen LogP contribution in [0.1, 0.15) is 12.8 Å². The molecule has 1 aliphatic heterocycles. The van der Waals surface area contributed by atoms with Gasteiger partial charge in [-0.3, -0.25) is 9.97 Å². The van der Waals surface area contributed by atoms with Crippen molar-refractivity contribution in [2.75, 3.05) is 30.0 Å². The smallest absolute Gasteiger partial charge is 0.387 e. The Labute approximate surface area is 180 Å². The Kier molecular flexibility index (Phi) is 6.45. The number of nitrogens with zero attached hydrogens (tertiary/aromatic N) is 4. The van der Waals surface area contributed by atoms with Gasteiger partial charge in [-0.1, -0.05) is 0 Å². The van der Waals surface area contributed by atoms with Crippen LogP contribution in [0.3, 0.4) is 0 Å². The Bertz CT molecular complexity index is 965. The van der Waals surface area contributed by atoms with E-state index in [-0.39, 0.29) is 11.8 Å². The number of hydrogen-bond donors (Lipinski definition) is 0. The molecule has 31 heavy (non-hydrogen) atoms. The predicted octanol–water partition coefficient (Wildman–Crippen LogP) is 4.89. The van der Waals surface area contributed by atoms with Crippen LogP contribution < -0.4 is 19.3 Å². The van der Waals surface area contributed by atoms with Gasteiger partial charge in [0.2, 0.25) is 0 Å². The molecule has 2 aromatic heterocycles. The molecular formula is C23H24F2N4O2. The minimum Gasteiger partial charge on any atom is -0.494 e. The molecule has 3 heterocycles. The fraction of sp³-hybridized carbons (Fsp3) is 0.304. The Morgan fingerprint density at radius 3 is 2.29 bits per heavy atom. The van der Waals surface area contributed by atoms with Crippen LogP contribution in [0.25, 0.3) is 0 Å². The van der Waals surface area contributed by atoms with Gasteiger partial charge in [-0.05, 0) is 49.2 Å². The van der Waals surface area contributed by atoms with Gasteiger partial charge in [0.05, 0.1) is 13.3 Å². The lowest BCUT2D eigenvalue weighted by Gasteiger charge is -2.40. The number of rotatable bonds is 7. The Hall–Kier alpha value is -3.42. The van der Waals surface area contributed by atoms with Gasteiger partial charge >= 0.3 is 6.61 Å². The highest BCUT2D eigenvalue weighted by molar-refractivity contribution is 5.70. The van der Waals surface area contributed by atoms with Crippen molar-refractivity contribution >= 4 is 17.1 Å². The number of benzene rings is 1. The molecule has 1 aliphatic rings. The summed E-state index contributed by atoms with van der Waals surface area (Å²) in [6.45, 7) is -1.07. The highest BCUT2D eigenvalue weighted by Crippen LogP contribution is 2.38. The van der Waals surface area contributed by atoms with Crippen molar-refractivity contribution in [1.29, 1.82) is 0 Å². The third-order valence-electron chi connectivity index (χ3n) is 5.44. The molecule has 1 saturated heterocycles. The highest BCUT2D eigenvalue weighted by atomic mass is 19.3. The molecule has 4 rings (SSSR count). The van der Waals surface area contributed by atoms with E-state index in [2.05, 4.69) is 24.5 Å². The fourth-order valence-corrected chi connectivity index (χ4v) is 4.00. The standard InChI is InChI=1S/C23H24F2N4O2/c1-30-22-8-13-27-16-21(22)29(18-2-4-20(5-3-18)31-23(24)25)19-9-14-28(15-10-19)17-6-11-26-12-7-17/h2-8,11-13,16,19,23H,9-10,14-15H2,1H3. The number of methoxy groups -OCH3 is 1. The fourth-order valence-electron chi connectivity index (χ4n) is 4.00. The average molecular weight is 426 g/mol. The van der Waals surface area contributed by atoms with E-state index in [4.69, 9.17) is 4.74 Å². The second kappa shape index (κ2) is 9.59. The first-order chi connectivity index (χ1) is 15.2. The maximum absolute atomic E-state index is 12.5. The molecule has 3 aromatic rings. The van der Waals surface area contributed by atoms with Crippen LogP contribution in [0.15, 0.2) is 67.3 Å². The van der Waals surface area contributed by atoms with Crippen molar-refractivity contribution in [3.8, 4) is 11.5 Å². The summed E-state index contributed by atoms with van der Waals surface area (Å²) < 4.78 is 35.2. The van der Waals surface area contributed by atoms with E-state index >= 15 is 0 Å². The number of aromatic nitrogens is 2. The second-order valence-corrected chi connectivity index (χ2v) is 7.21. The maximum Gasteiger partial charge on any atom is 0.387 e. The van der Waals surface area contributed by atoms with Crippen LogP contribution in [0.2, 0.25) is 0 Å². The van der Waals surface area contributed by atoms with E-state index in [1.807, 2.05) is 18.2 Å². The molecule has 0 amide bonds. The van der Waals surface area contributed by atoms with Gasteiger partial charge < -0.3 is 19.3 Å². The number of anilines is 3. The van der Waals surface area contributed by atoms with Gasteiger partial charge in [0.15, 0.2) is 0 Å². The van der Waals surface area contributed by atoms with Crippen LogP contribution in [0.5, 0.6) is 11.5 Å². The SMILES string of the molecule is COc1ccncc1N(c1ccc(OC(F)F)cc1)C1CCN(c2ccncc2)CC1. The molecule has 1 fully saturated rings. The van der Waals surface area contributed by atoms with Crippen molar-refractivity contribution in [3.63, 3.8) is 0 Å². The van der Waals surface area contributed by atoms with E-state index in [1.165, 1.54) is 0 Å². The minimum absolute atomic E-state index is 0.129. The molecule has 0 spiro atoms. The van der Waals surface area contributed by atoms with Crippen LogP contribution in [-0.2, 0) is 0 Å². The monoisotopic (exact) mass is 426 g/mol. The number of alkyl halides is 2. The van der Waals surface area contributed by atoms with Gasteiger partial charge in [-0.15, -0.1) is 0 Å². The lowest BCUT2D eigenvalue weighted by molar-refractivity contribution is -0.0498. The Balaban J connectivity index is 1.60. The molecule has 6 nitrogen and oxygen atoms in total. The summed E-state index contributed by atoms with van der Waals surface area (Å²) in [7, 11) is 1.63. The zero-order chi connectivity index (χ0) is 21.6. The van der Waals surface area contributed by atoms with Gasteiger partial charge in [-0.25, -0.2) is 0 Å². The quantitative estimate of drug-likeness (QED) is 0.536. The number of hydrogen-bond acceptors (Lipinski definition) is 6. The number of pyridine rings is 2. The summed E-state index contributed by atoms with van der Waals surface area (Å²) in [6, 6.07) is 12.8. The van der Waals surface area contributed by atoms with Gasteiger partial charge in [0.1, 0.15) is 17.2 Å². The molecular weight excluding hydrogens is 402 g/mol. The van der Waals surface area contributed by atoms with Crippen LogP contribution in [0.4, 0.5) is 25.8 Å². The molecule has 8 heteroatoms. The van der Waals surface area contributed by atoms with Crippen LogP contribution >= 0.6 is 0 Å². The molecule has 162 valence electrons. The molecule has 0 N–H and O–H groups in total. The van der Waals surface area contributed by atoms with Crippen molar-refractivity contribution in [1.82, 2.24) is 9.97 Å². The van der Waals surface area contributed by atoms with Crippen LogP contribution in [-0.4, -0.2) is 42.8 Å². The molecule has 0 radical (unpaired) electrons. The van der Waals surface area contributed by atoms with Crippen molar-refractivity contribution in [2.24, 2.45) is 0 Å². The Morgan fingerprint density at radius 2 is 1.65 bits per heavy atom. The van der Waals surface area contributed by atoms with E-state index in [1.54, 1.807) is 56.2 Å². The first-order valence-corrected chi connectivity index (χ1v) is 10.1. The average Bonchev–Trinajstić information content (AvgIpc) is 2.81. The normalized spacial score (nSPS) is 14.5. The number of piperidine rings is 1. The molecule has 0 saturated carbocycles. The molecule has 0 unspecified atom stereocenters. The highest BCUT2D eigenvalue weighted by Gasteiger charge is 2.28. The lowest BCUT2D eigenvalue weighted by atomic mass is 10.0. The number of halogens is 2. The molecule has 0 atom stereocenters. The predicted molar refractivity (Wildman–Crippen MR) is 115 cm³/mol. The van der Waals surface area contributed by atoms with Crippen LogP contribution in [0, 0.1) is 0 Å². The maximum atomic E-state index is 12.5. The van der Waals surface area contributed by atoms with E-state index < -0.39 is 6.61 Å². The number of ether oxygens (including phenoxy) is 2. The summed E-state index contributed by atoms with van der Waals surface area (Å²) in [5.74, 6) is 0.837. The summed E-state index contributed by atoms with van der Waals surface area (Å²) in [5.41, 5.74) is 2.87. The van der Waals surface area contributed by atoms with E-state index in [0.29, 0.717) is 5.75 Å². The summed E-state index contributed by atoms with van der Waals surface area (Å²) in [4.78, 5) is 12.9. The van der Waals surface area contributed by atoms with Gasteiger partial charge in [0, 0.05) is 55.2 Å². The first kappa shape index (κ1) is 20.8. The third kappa shape index (κ3) is 4.84. The molecule has 1 aromatic carbocycles. The summed E-state index contributed by atoms with van der Waals surface area (Å²) in [6.07, 6.45) is 8.89. The van der Waals surface area contributed by atoms with Gasteiger partial charge in [-0.2, -0.15) is 8.78 Å². The summed E-state index contributed by atoms with van der Waals surface area (Å²) >= 11 is 0. The first-order valence-electron chi connectivity index (χ1n) is 10.1. The van der Waals surface area contributed by atoms with E-state index in [9.17, 15) is 8.78 Å². The van der Waals surface area contributed by atoms with Crippen molar-refractivity contribution < 1.29 is 18.3 Å². The minimum atomic E-state index is -2.85. The zero-order valence-electron chi connectivity index (χ0n) is 17.2. The van der Waals surface area contributed by atoms with Gasteiger partial charge in [0.25, 0.3) is 0 Å². The molecule has 0 bridgehead atoms. The van der Waals surface area contributed by atoms with Crippen molar-refractivity contribution in [2.45, 2.75) is 25.5 Å². The van der Waals surface area contributed by atoms with E-state index in [0.717, 1.165) is 43.0 Å². The van der Waals surface area contributed by atoms with Crippen molar-refractivity contribution in [3.05, 3.63) is 67.3 Å².